The van der Waals surface area contributed by atoms with Crippen LogP contribution in [0.3, 0.4) is 0 Å². The van der Waals surface area contributed by atoms with Crippen molar-refractivity contribution in [3.8, 4) is 22.3 Å². The number of rotatable bonds is 8. The van der Waals surface area contributed by atoms with Crippen molar-refractivity contribution in [2.24, 2.45) is 0 Å². The molecule has 4 aromatic carbocycles. The molecule has 0 aromatic heterocycles. The minimum atomic E-state index is -0.775. The minimum Gasteiger partial charge on any atom is -0.481 e. The van der Waals surface area contributed by atoms with Crippen LogP contribution < -0.4 is 5.32 Å². The number of carboxylic acids is 1. The average Bonchev–Trinajstić information content (AvgIpc) is 3.76. The van der Waals surface area contributed by atoms with E-state index in [2.05, 4.69) is 5.32 Å². The van der Waals surface area contributed by atoms with Crippen molar-refractivity contribution in [2.45, 2.75) is 36.2 Å². The largest absolute Gasteiger partial charge is 0.481 e. The fourth-order valence-corrected chi connectivity index (χ4v) is 5.24. The second-order valence-corrected chi connectivity index (χ2v) is 10.6. The molecule has 0 spiro atoms. The van der Waals surface area contributed by atoms with Gasteiger partial charge in [0, 0.05) is 21.0 Å². The van der Waals surface area contributed by atoms with Crippen LogP contribution in [0, 0.1) is 0 Å². The average molecular weight is 562 g/mol. The molecule has 1 amide bonds. The Bertz CT molecular complexity index is 1520. The Balaban J connectivity index is 1.35. The molecule has 1 aliphatic carbocycles. The normalized spacial score (nSPS) is 14.3. The molecule has 1 atom stereocenters. The van der Waals surface area contributed by atoms with Crippen molar-refractivity contribution in [1.82, 2.24) is 0 Å². The van der Waals surface area contributed by atoms with E-state index in [0.29, 0.717) is 39.6 Å². The molecule has 0 unspecified atom stereocenters. The molecule has 5 rings (SSSR count). The zero-order valence-electron chi connectivity index (χ0n) is 21.0. The molecule has 0 radical (unpaired) electrons. The van der Waals surface area contributed by atoms with Gasteiger partial charge in [0.1, 0.15) is 6.10 Å². The van der Waals surface area contributed by atoms with Crippen LogP contribution in [0.5, 0.6) is 0 Å². The van der Waals surface area contributed by atoms with Gasteiger partial charge in [-0.1, -0.05) is 84.4 Å². The predicted octanol–water partition coefficient (Wildman–Crippen LogP) is 9.08. The second kappa shape index (κ2) is 11.1. The van der Waals surface area contributed by atoms with Crippen LogP contribution in [0.4, 0.5) is 14.4 Å². The van der Waals surface area contributed by atoms with Gasteiger partial charge >= 0.3 is 12.1 Å². The third kappa shape index (κ3) is 5.65. The monoisotopic (exact) mass is 561 g/mol. The number of carbonyl (C=O) groups excluding carboxylic acids is 1. The van der Waals surface area contributed by atoms with E-state index in [-0.39, 0.29) is 12.1 Å². The number of benzene rings is 4. The smallest absolute Gasteiger partial charge is 0.412 e. The summed E-state index contributed by atoms with van der Waals surface area (Å²) in [5.74, 6) is -0.775. The third-order valence-corrected chi connectivity index (χ3v) is 7.85. The van der Waals surface area contributed by atoms with Gasteiger partial charge in [-0.2, -0.15) is 3.89 Å². The Morgan fingerprint density at radius 2 is 1.56 bits per heavy atom. The highest BCUT2D eigenvalue weighted by molar-refractivity contribution is 7.94. The Morgan fingerprint density at radius 3 is 2.15 bits per heavy atom. The first-order valence-corrected chi connectivity index (χ1v) is 13.5. The lowest BCUT2D eigenvalue weighted by Gasteiger charge is -2.17. The van der Waals surface area contributed by atoms with Crippen LogP contribution in [-0.2, 0) is 14.9 Å². The Morgan fingerprint density at radius 1 is 0.949 bits per heavy atom. The van der Waals surface area contributed by atoms with Gasteiger partial charge in [0.2, 0.25) is 0 Å². The lowest BCUT2D eigenvalue weighted by atomic mass is 9.93. The highest BCUT2D eigenvalue weighted by Gasteiger charge is 2.51. The number of ether oxygens (including phenoxy) is 1. The summed E-state index contributed by atoms with van der Waals surface area (Å²) in [6.07, 6.45) is 0.0608. The van der Waals surface area contributed by atoms with Gasteiger partial charge in [-0.05, 0) is 60.2 Å². The summed E-state index contributed by atoms with van der Waals surface area (Å²) in [6.45, 7) is 1.73. The minimum absolute atomic E-state index is 0.0890. The Hall–Kier alpha value is -3.81. The molecular weight excluding hydrogens is 537 g/mol. The van der Waals surface area contributed by atoms with Crippen LogP contribution in [0.1, 0.15) is 37.0 Å². The topological polar surface area (TPSA) is 75.6 Å². The summed E-state index contributed by atoms with van der Waals surface area (Å²) in [7, 11) is 0. The van der Waals surface area contributed by atoms with E-state index in [0.717, 1.165) is 22.3 Å². The molecule has 39 heavy (non-hydrogen) atoms. The Kier molecular flexibility index (Phi) is 7.64. The van der Waals surface area contributed by atoms with E-state index in [1.54, 1.807) is 43.3 Å². The first-order valence-electron chi connectivity index (χ1n) is 12.4. The number of carbonyl (C=O) groups is 2. The van der Waals surface area contributed by atoms with Crippen molar-refractivity contribution in [3.63, 3.8) is 0 Å². The molecule has 0 heterocycles. The number of nitrogens with one attached hydrogen (secondary N) is 1. The summed E-state index contributed by atoms with van der Waals surface area (Å²) >= 11 is 6.32. The molecule has 8 heteroatoms. The van der Waals surface area contributed by atoms with E-state index in [4.69, 9.17) is 16.3 Å². The first kappa shape index (κ1) is 26.8. The highest BCUT2D eigenvalue weighted by Crippen LogP contribution is 2.48. The lowest BCUT2D eigenvalue weighted by Crippen LogP contribution is -2.19. The zero-order chi connectivity index (χ0) is 27.6. The van der Waals surface area contributed by atoms with Crippen molar-refractivity contribution < 1.29 is 23.3 Å². The third-order valence-electron chi connectivity index (χ3n) is 7.07. The summed E-state index contributed by atoms with van der Waals surface area (Å²) in [5.41, 5.74) is 4.64. The van der Waals surface area contributed by atoms with Gasteiger partial charge in [0.25, 0.3) is 0 Å². The molecule has 4 aromatic rings. The quantitative estimate of drug-likeness (QED) is 0.224. The lowest BCUT2D eigenvalue weighted by molar-refractivity contribution is -0.140. The summed E-state index contributed by atoms with van der Waals surface area (Å²) in [5, 5.41) is 12.8. The maximum absolute atomic E-state index is 13.4. The van der Waals surface area contributed by atoms with Crippen LogP contribution in [0.25, 0.3) is 22.3 Å². The van der Waals surface area contributed by atoms with Gasteiger partial charge in [-0.25, -0.2) is 4.79 Å². The highest BCUT2D eigenvalue weighted by atomic mass is 35.5. The van der Waals surface area contributed by atoms with Gasteiger partial charge in [-0.3, -0.25) is 10.1 Å². The van der Waals surface area contributed by atoms with Gasteiger partial charge in [-0.15, -0.1) is 0 Å². The maximum Gasteiger partial charge on any atom is 0.412 e. The molecule has 1 aliphatic rings. The van der Waals surface area contributed by atoms with Crippen LogP contribution in [-0.4, -0.2) is 17.2 Å². The van der Waals surface area contributed by atoms with E-state index in [1.807, 2.05) is 54.6 Å². The zero-order valence-corrected chi connectivity index (χ0v) is 22.6. The number of carboxylic acid groups (broad SMARTS) is 1. The van der Waals surface area contributed by atoms with Crippen LogP contribution >= 0.6 is 23.7 Å². The molecule has 0 bridgehead atoms. The molecule has 198 valence electrons. The van der Waals surface area contributed by atoms with E-state index >= 15 is 0 Å². The number of aliphatic carboxylic acids is 1. The van der Waals surface area contributed by atoms with Crippen molar-refractivity contribution in [1.29, 1.82) is 0 Å². The number of amides is 1. The summed E-state index contributed by atoms with van der Waals surface area (Å²) < 4.78 is 18.9. The van der Waals surface area contributed by atoms with E-state index < -0.39 is 23.6 Å². The van der Waals surface area contributed by atoms with E-state index in [9.17, 15) is 18.6 Å². The SMILES string of the molecule is C[C@@H](OC(=O)Nc1cc(SF)ccc1-c1ccc(-c2ccc(C3(C(=O)O)CC3)cc2)cc1)c1ccccc1Cl. The van der Waals surface area contributed by atoms with Crippen LogP contribution in [0.2, 0.25) is 5.02 Å². The first-order chi connectivity index (χ1) is 18.8. The molecule has 1 fully saturated rings. The standard InChI is InChI=1S/C31H25ClFNO4S/c1-19(25-4-2-3-5-27(25)32)38-30(37)34-28-18-24(39-33)14-15-26(28)22-8-6-20(7-9-22)21-10-12-23(13-11-21)31(16-17-31)29(35)36/h2-15,18-19H,16-17H2,1H3,(H,34,37)(H,35,36)/t19-/m1/s1. The van der Waals surface area contributed by atoms with Gasteiger partial charge < -0.3 is 9.84 Å². The maximum atomic E-state index is 13.4. The molecule has 1 saturated carbocycles. The number of halogens is 2. The number of hydrogen-bond acceptors (Lipinski definition) is 4. The number of hydrogen-bond donors (Lipinski definition) is 2. The van der Waals surface area contributed by atoms with Crippen molar-refractivity contribution >= 4 is 41.5 Å². The molecular formula is C31H25ClFNO4S. The van der Waals surface area contributed by atoms with E-state index in [1.165, 1.54) is 0 Å². The van der Waals surface area contributed by atoms with Gasteiger partial charge in [0.15, 0.2) is 0 Å². The summed E-state index contributed by atoms with van der Waals surface area (Å²) in [4.78, 5) is 24.7. The van der Waals surface area contributed by atoms with Crippen molar-refractivity contribution in [2.75, 3.05) is 5.32 Å². The predicted molar refractivity (Wildman–Crippen MR) is 153 cm³/mol. The van der Waals surface area contributed by atoms with Crippen LogP contribution in [0.15, 0.2) is 95.9 Å². The molecule has 5 nitrogen and oxygen atoms in total. The molecule has 0 saturated heterocycles. The molecule has 0 aliphatic heterocycles. The number of anilines is 1. The second-order valence-electron chi connectivity index (χ2n) is 9.52. The summed E-state index contributed by atoms with van der Waals surface area (Å²) in [6, 6.07) is 27.5. The van der Waals surface area contributed by atoms with Crippen molar-refractivity contribution in [3.05, 3.63) is 107 Å². The fraction of sp³-hybridized carbons (Fsp3) is 0.161. The Labute approximate surface area is 235 Å². The van der Waals surface area contributed by atoms with Gasteiger partial charge in [0.05, 0.1) is 23.3 Å². The fourth-order valence-electron chi connectivity index (χ4n) is 4.67. The molecule has 2 N–H and O–H groups in total.